The standard InChI is InChI=1S/C19H26O2/c1-19(15-6-12-4-13(8-15)9-16(19)7-12)21-18(20)17-10-11-2-3-14(17)5-11/h2-3,11-17H,4-10H2,1H3/t11-,12?,13?,14-,15?,16?,17-,19?/m0/s1. The molecule has 6 aliphatic rings. The van der Waals surface area contributed by atoms with E-state index in [1.165, 1.54) is 38.5 Å². The summed E-state index contributed by atoms with van der Waals surface area (Å²) in [4.78, 5) is 12.8. The average molecular weight is 286 g/mol. The van der Waals surface area contributed by atoms with Crippen LogP contribution >= 0.6 is 0 Å². The molecule has 0 aromatic carbocycles. The van der Waals surface area contributed by atoms with E-state index in [1.807, 2.05) is 0 Å². The summed E-state index contributed by atoms with van der Waals surface area (Å²) >= 11 is 0. The van der Waals surface area contributed by atoms with Crippen LogP contribution in [-0.2, 0) is 9.53 Å². The Kier molecular flexibility index (Phi) is 2.51. The number of allylic oxidation sites excluding steroid dienone is 2. The Bertz CT molecular complexity index is 478. The van der Waals surface area contributed by atoms with E-state index in [0.717, 1.165) is 18.3 Å². The van der Waals surface area contributed by atoms with Gasteiger partial charge in [-0.05, 0) is 87.4 Å². The van der Waals surface area contributed by atoms with E-state index in [4.69, 9.17) is 4.74 Å². The molecule has 2 heteroatoms. The van der Waals surface area contributed by atoms with Crippen LogP contribution in [0.4, 0.5) is 0 Å². The first-order valence-electron chi connectivity index (χ1n) is 9.03. The molecular formula is C19H26O2. The van der Waals surface area contributed by atoms with Crippen LogP contribution in [-0.4, -0.2) is 11.6 Å². The van der Waals surface area contributed by atoms with Crippen LogP contribution in [0.2, 0.25) is 0 Å². The number of rotatable bonds is 2. The summed E-state index contributed by atoms with van der Waals surface area (Å²) in [5.74, 6) is 4.57. The van der Waals surface area contributed by atoms with Crippen molar-refractivity contribution in [1.82, 2.24) is 0 Å². The summed E-state index contributed by atoms with van der Waals surface area (Å²) in [6, 6.07) is 0. The van der Waals surface area contributed by atoms with Gasteiger partial charge in [0.05, 0.1) is 5.92 Å². The fraction of sp³-hybridized carbons (Fsp3) is 0.842. The first kappa shape index (κ1) is 12.7. The molecule has 3 atom stereocenters. The van der Waals surface area contributed by atoms with Gasteiger partial charge in [-0.3, -0.25) is 4.79 Å². The van der Waals surface area contributed by atoms with Crippen molar-refractivity contribution in [2.75, 3.05) is 0 Å². The fourth-order valence-electron chi connectivity index (χ4n) is 6.63. The van der Waals surface area contributed by atoms with Crippen molar-refractivity contribution in [3.05, 3.63) is 12.2 Å². The number of fused-ring (bicyclic) bond motifs is 2. The Morgan fingerprint density at radius 2 is 1.62 bits per heavy atom. The first-order chi connectivity index (χ1) is 10.1. The maximum atomic E-state index is 12.8. The highest BCUT2D eigenvalue weighted by molar-refractivity contribution is 5.74. The first-order valence-corrected chi connectivity index (χ1v) is 9.03. The lowest BCUT2D eigenvalue weighted by Gasteiger charge is -2.59. The minimum absolute atomic E-state index is 0.127. The monoisotopic (exact) mass is 286 g/mol. The number of carbonyl (C=O) groups excluding carboxylic acids is 1. The molecule has 0 heterocycles. The molecule has 6 bridgehead atoms. The highest BCUT2D eigenvalue weighted by Gasteiger charge is 2.57. The van der Waals surface area contributed by atoms with Gasteiger partial charge in [-0.15, -0.1) is 0 Å². The zero-order chi connectivity index (χ0) is 14.2. The number of esters is 1. The minimum Gasteiger partial charge on any atom is -0.459 e. The van der Waals surface area contributed by atoms with Gasteiger partial charge >= 0.3 is 5.97 Å². The summed E-state index contributed by atoms with van der Waals surface area (Å²) < 4.78 is 6.28. The molecule has 0 aliphatic heterocycles. The Morgan fingerprint density at radius 3 is 2.14 bits per heavy atom. The van der Waals surface area contributed by atoms with Crippen molar-refractivity contribution < 1.29 is 9.53 Å². The largest absolute Gasteiger partial charge is 0.459 e. The molecule has 0 radical (unpaired) electrons. The van der Waals surface area contributed by atoms with Crippen LogP contribution in [0, 0.1) is 41.4 Å². The Hall–Kier alpha value is -0.790. The maximum absolute atomic E-state index is 12.8. The number of hydrogen-bond acceptors (Lipinski definition) is 2. The lowest BCUT2D eigenvalue weighted by molar-refractivity contribution is -0.207. The van der Waals surface area contributed by atoms with Gasteiger partial charge in [0, 0.05) is 0 Å². The lowest BCUT2D eigenvalue weighted by atomic mass is 9.50. The molecule has 6 rings (SSSR count). The SMILES string of the molecule is CC1(OC(=O)[C@H]2C[C@H]3C=C[C@H]2C3)C2CC3CC(C2)CC1C3. The molecule has 2 nitrogen and oxygen atoms in total. The maximum Gasteiger partial charge on any atom is 0.310 e. The number of ether oxygens (including phenoxy) is 1. The van der Waals surface area contributed by atoms with E-state index >= 15 is 0 Å². The summed E-state index contributed by atoms with van der Waals surface area (Å²) in [7, 11) is 0. The minimum atomic E-state index is -0.143. The summed E-state index contributed by atoms with van der Waals surface area (Å²) in [6.07, 6.45) is 13.5. The molecule has 0 unspecified atom stereocenters. The van der Waals surface area contributed by atoms with E-state index in [0.29, 0.717) is 23.7 Å². The van der Waals surface area contributed by atoms with Crippen molar-refractivity contribution in [3.8, 4) is 0 Å². The third-order valence-electron chi connectivity index (χ3n) is 7.66. The fourth-order valence-corrected chi connectivity index (χ4v) is 6.63. The third kappa shape index (κ3) is 1.74. The zero-order valence-electron chi connectivity index (χ0n) is 13.0. The van der Waals surface area contributed by atoms with Gasteiger partial charge in [0.15, 0.2) is 0 Å². The second-order valence-corrected chi connectivity index (χ2v) is 8.80. The predicted molar refractivity (Wildman–Crippen MR) is 80.4 cm³/mol. The van der Waals surface area contributed by atoms with Gasteiger partial charge in [-0.2, -0.15) is 0 Å². The van der Waals surface area contributed by atoms with Crippen molar-refractivity contribution in [3.63, 3.8) is 0 Å². The second kappa shape index (κ2) is 4.14. The van der Waals surface area contributed by atoms with Gasteiger partial charge in [0.2, 0.25) is 0 Å². The molecule has 5 saturated carbocycles. The van der Waals surface area contributed by atoms with Gasteiger partial charge in [-0.25, -0.2) is 0 Å². The van der Waals surface area contributed by atoms with Crippen molar-refractivity contribution in [2.24, 2.45) is 41.4 Å². The van der Waals surface area contributed by atoms with Gasteiger partial charge in [-0.1, -0.05) is 12.2 Å². The van der Waals surface area contributed by atoms with Gasteiger partial charge < -0.3 is 4.74 Å². The van der Waals surface area contributed by atoms with Crippen LogP contribution in [0.25, 0.3) is 0 Å². The Balaban J connectivity index is 1.35. The summed E-state index contributed by atoms with van der Waals surface area (Å²) in [5, 5.41) is 0. The molecule has 6 aliphatic carbocycles. The molecule has 0 N–H and O–H groups in total. The summed E-state index contributed by atoms with van der Waals surface area (Å²) in [6.45, 7) is 2.26. The lowest BCUT2D eigenvalue weighted by Crippen LogP contribution is -2.58. The zero-order valence-corrected chi connectivity index (χ0v) is 13.0. The van der Waals surface area contributed by atoms with Crippen LogP contribution < -0.4 is 0 Å². The van der Waals surface area contributed by atoms with E-state index < -0.39 is 0 Å². The van der Waals surface area contributed by atoms with Crippen molar-refractivity contribution in [2.45, 2.75) is 57.5 Å². The van der Waals surface area contributed by atoms with Crippen molar-refractivity contribution >= 4 is 5.97 Å². The van der Waals surface area contributed by atoms with Crippen LogP contribution in [0.5, 0.6) is 0 Å². The number of carbonyl (C=O) groups is 1. The molecule has 0 aromatic rings. The van der Waals surface area contributed by atoms with Gasteiger partial charge in [0.1, 0.15) is 5.60 Å². The molecule has 0 amide bonds. The smallest absolute Gasteiger partial charge is 0.310 e. The van der Waals surface area contributed by atoms with Crippen LogP contribution in [0.15, 0.2) is 12.2 Å². The van der Waals surface area contributed by atoms with Crippen LogP contribution in [0.1, 0.15) is 51.9 Å². The molecule has 0 spiro atoms. The van der Waals surface area contributed by atoms with Gasteiger partial charge in [0.25, 0.3) is 0 Å². The predicted octanol–water partition coefficient (Wildman–Crippen LogP) is 3.96. The molecule has 114 valence electrons. The average Bonchev–Trinajstić information content (AvgIpc) is 3.07. The second-order valence-electron chi connectivity index (χ2n) is 8.80. The van der Waals surface area contributed by atoms with Crippen LogP contribution in [0.3, 0.4) is 0 Å². The Morgan fingerprint density at radius 1 is 0.952 bits per heavy atom. The van der Waals surface area contributed by atoms with E-state index in [-0.39, 0.29) is 17.5 Å². The third-order valence-corrected chi connectivity index (χ3v) is 7.66. The Labute approximate surface area is 127 Å². The highest BCUT2D eigenvalue weighted by atomic mass is 16.6. The normalized spacial score (nSPS) is 56.1. The quantitative estimate of drug-likeness (QED) is 0.567. The molecule has 0 saturated heterocycles. The number of hydrogen-bond donors (Lipinski definition) is 0. The highest BCUT2D eigenvalue weighted by Crippen LogP contribution is 2.60. The van der Waals surface area contributed by atoms with E-state index in [1.54, 1.807) is 0 Å². The molecular weight excluding hydrogens is 260 g/mol. The van der Waals surface area contributed by atoms with E-state index in [2.05, 4.69) is 19.1 Å². The van der Waals surface area contributed by atoms with E-state index in [9.17, 15) is 4.79 Å². The topological polar surface area (TPSA) is 26.3 Å². The molecule has 0 aromatic heterocycles. The molecule has 21 heavy (non-hydrogen) atoms. The molecule has 5 fully saturated rings. The van der Waals surface area contributed by atoms with Crippen molar-refractivity contribution in [1.29, 1.82) is 0 Å². The summed E-state index contributed by atoms with van der Waals surface area (Å²) in [5.41, 5.74) is -0.143.